The lowest BCUT2D eigenvalue weighted by molar-refractivity contribution is 0.102. The lowest BCUT2D eigenvalue weighted by Crippen LogP contribution is -2.17. The summed E-state index contributed by atoms with van der Waals surface area (Å²) in [7, 11) is 1.89. The Hall–Kier alpha value is -3.61. The number of rotatable bonds is 4. The zero-order chi connectivity index (χ0) is 17.9. The standard InChI is InChI=1S/C19H16N4O3/c1-23(14-5-3-2-4-6-14)18-10-15(20-11-21-18)19(24)22-13-7-8-16-17(9-13)26-12-25-16/h2-11H,12H2,1H3,(H,22,24). The van der Waals surface area contributed by atoms with Crippen molar-refractivity contribution in [2.75, 3.05) is 24.1 Å². The number of amides is 1. The van der Waals surface area contributed by atoms with Crippen LogP contribution in [0, 0.1) is 0 Å². The van der Waals surface area contributed by atoms with Crippen molar-refractivity contribution in [3.63, 3.8) is 0 Å². The van der Waals surface area contributed by atoms with E-state index in [1.165, 1.54) is 6.33 Å². The van der Waals surface area contributed by atoms with Gasteiger partial charge in [-0.3, -0.25) is 4.79 Å². The average molecular weight is 348 g/mol. The molecule has 1 aliphatic rings. The highest BCUT2D eigenvalue weighted by Crippen LogP contribution is 2.34. The molecule has 0 radical (unpaired) electrons. The first kappa shape index (κ1) is 15.9. The quantitative estimate of drug-likeness (QED) is 0.780. The van der Waals surface area contributed by atoms with Crippen molar-refractivity contribution < 1.29 is 14.3 Å². The third-order valence-corrected chi connectivity index (χ3v) is 4.00. The maximum atomic E-state index is 12.5. The maximum Gasteiger partial charge on any atom is 0.274 e. The summed E-state index contributed by atoms with van der Waals surface area (Å²) in [5, 5.41) is 2.81. The number of hydrogen-bond acceptors (Lipinski definition) is 6. The Bertz CT molecular complexity index is 947. The molecule has 130 valence electrons. The number of carbonyl (C=O) groups excluding carboxylic acids is 1. The first-order chi connectivity index (χ1) is 12.7. The Kier molecular flexibility index (Phi) is 4.10. The number of fused-ring (bicyclic) bond motifs is 1. The minimum Gasteiger partial charge on any atom is -0.454 e. The van der Waals surface area contributed by atoms with Gasteiger partial charge in [-0.05, 0) is 24.3 Å². The molecule has 0 bridgehead atoms. The molecule has 0 atom stereocenters. The molecule has 7 heteroatoms. The third kappa shape index (κ3) is 3.14. The molecule has 3 aromatic rings. The Labute approximate surface area is 150 Å². The molecule has 2 aromatic carbocycles. The van der Waals surface area contributed by atoms with Crippen molar-refractivity contribution in [1.29, 1.82) is 0 Å². The summed E-state index contributed by atoms with van der Waals surface area (Å²) in [6.07, 6.45) is 1.38. The van der Waals surface area contributed by atoms with Crippen LogP contribution in [0.15, 0.2) is 60.9 Å². The lowest BCUT2D eigenvalue weighted by Gasteiger charge is -2.18. The molecule has 7 nitrogen and oxygen atoms in total. The first-order valence-electron chi connectivity index (χ1n) is 8.02. The third-order valence-electron chi connectivity index (χ3n) is 4.00. The molecule has 1 aliphatic heterocycles. The minimum absolute atomic E-state index is 0.188. The molecular formula is C19H16N4O3. The summed E-state index contributed by atoms with van der Waals surface area (Å²) >= 11 is 0. The van der Waals surface area contributed by atoms with E-state index in [0.717, 1.165) is 5.69 Å². The van der Waals surface area contributed by atoms with Crippen LogP contribution in [0.2, 0.25) is 0 Å². The molecule has 1 N–H and O–H groups in total. The highest BCUT2D eigenvalue weighted by molar-refractivity contribution is 6.03. The Balaban J connectivity index is 1.53. The van der Waals surface area contributed by atoms with Gasteiger partial charge in [-0.2, -0.15) is 0 Å². The van der Waals surface area contributed by atoms with Gasteiger partial charge in [0, 0.05) is 30.6 Å². The fourth-order valence-corrected chi connectivity index (χ4v) is 2.61. The lowest BCUT2D eigenvalue weighted by atomic mass is 10.2. The van der Waals surface area contributed by atoms with Crippen LogP contribution < -0.4 is 19.7 Å². The van der Waals surface area contributed by atoms with Crippen molar-refractivity contribution in [2.45, 2.75) is 0 Å². The zero-order valence-corrected chi connectivity index (χ0v) is 14.0. The molecule has 2 heterocycles. The number of ether oxygens (including phenoxy) is 2. The molecule has 0 spiro atoms. The monoisotopic (exact) mass is 348 g/mol. The van der Waals surface area contributed by atoms with Gasteiger partial charge in [-0.25, -0.2) is 9.97 Å². The fraction of sp³-hybridized carbons (Fsp3) is 0.105. The molecule has 1 amide bonds. The SMILES string of the molecule is CN(c1ccccc1)c1cc(C(=O)Nc2ccc3c(c2)OCO3)ncn1. The van der Waals surface area contributed by atoms with E-state index in [4.69, 9.17) is 9.47 Å². The van der Waals surface area contributed by atoms with Crippen LogP contribution in [-0.2, 0) is 0 Å². The molecule has 26 heavy (non-hydrogen) atoms. The number of anilines is 3. The van der Waals surface area contributed by atoms with Gasteiger partial charge in [0.05, 0.1) is 0 Å². The van der Waals surface area contributed by atoms with E-state index >= 15 is 0 Å². The molecule has 1 aromatic heterocycles. The van der Waals surface area contributed by atoms with E-state index in [0.29, 0.717) is 23.0 Å². The largest absolute Gasteiger partial charge is 0.454 e. The molecule has 0 saturated carbocycles. The summed E-state index contributed by atoms with van der Waals surface area (Å²) in [6.45, 7) is 0.188. The summed E-state index contributed by atoms with van der Waals surface area (Å²) in [5.74, 6) is 1.57. The van der Waals surface area contributed by atoms with E-state index < -0.39 is 0 Å². The van der Waals surface area contributed by atoms with Crippen molar-refractivity contribution in [3.05, 3.63) is 66.6 Å². The molecule has 4 rings (SSSR count). The Morgan fingerprint density at radius 3 is 2.69 bits per heavy atom. The normalized spacial score (nSPS) is 11.9. The Morgan fingerprint density at radius 2 is 1.85 bits per heavy atom. The van der Waals surface area contributed by atoms with Crippen LogP contribution in [0.25, 0.3) is 0 Å². The van der Waals surface area contributed by atoms with Gasteiger partial charge in [0.15, 0.2) is 11.5 Å². The topological polar surface area (TPSA) is 76.6 Å². The predicted molar refractivity (Wildman–Crippen MR) is 97.1 cm³/mol. The van der Waals surface area contributed by atoms with E-state index in [1.807, 2.05) is 42.3 Å². The number of nitrogens with zero attached hydrogens (tertiary/aromatic N) is 3. The number of carbonyl (C=O) groups is 1. The van der Waals surface area contributed by atoms with Gasteiger partial charge in [-0.15, -0.1) is 0 Å². The van der Waals surface area contributed by atoms with Crippen molar-refractivity contribution in [2.24, 2.45) is 0 Å². The first-order valence-corrected chi connectivity index (χ1v) is 8.02. The van der Waals surface area contributed by atoms with Crippen molar-refractivity contribution >= 4 is 23.1 Å². The number of hydrogen-bond donors (Lipinski definition) is 1. The summed E-state index contributed by atoms with van der Waals surface area (Å²) in [4.78, 5) is 22.8. The summed E-state index contributed by atoms with van der Waals surface area (Å²) < 4.78 is 10.6. The number of para-hydroxylation sites is 1. The van der Waals surface area contributed by atoms with Gasteiger partial charge in [-0.1, -0.05) is 18.2 Å². The van der Waals surface area contributed by atoms with E-state index in [9.17, 15) is 4.79 Å². The van der Waals surface area contributed by atoms with E-state index in [1.54, 1.807) is 24.3 Å². The van der Waals surface area contributed by atoms with Crippen LogP contribution in [-0.4, -0.2) is 29.7 Å². The van der Waals surface area contributed by atoms with Crippen LogP contribution in [0.3, 0.4) is 0 Å². The second kappa shape index (κ2) is 6.72. The maximum absolute atomic E-state index is 12.5. The van der Waals surface area contributed by atoms with Crippen molar-refractivity contribution in [1.82, 2.24) is 9.97 Å². The van der Waals surface area contributed by atoms with Crippen LogP contribution in [0.1, 0.15) is 10.5 Å². The van der Waals surface area contributed by atoms with Gasteiger partial charge in [0.25, 0.3) is 5.91 Å². The highest BCUT2D eigenvalue weighted by Gasteiger charge is 2.16. The number of aromatic nitrogens is 2. The molecule has 0 saturated heterocycles. The highest BCUT2D eigenvalue weighted by atomic mass is 16.7. The molecule has 0 unspecified atom stereocenters. The second-order valence-electron chi connectivity index (χ2n) is 5.68. The van der Waals surface area contributed by atoms with E-state index in [2.05, 4.69) is 15.3 Å². The number of benzene rings is 2. The number of nitrogens with one attached hydrogen (secondary N) is 1. The fourth-order valence-electron chi connectivity index (χ4n) is 2.61. The summed E-state index contributed by atoms with van der Waals surface area (Å²) in [5.41, 5.74) is 1.85. The molecular weight excluding hydrogens is 332 g/mol. The van der Waals surface area contributed by atoms with Crippen LogP contribution in [0.4, 0.5) is 17.2 Å². The molecule has 0 fully saturated rings. The van der Waals surface area contributed by atoms with Gasteiger partial charge < -0.3 is 19.7 Å². The van der Waals surface area contributed by atoms with Crippen molar-refractivity contribution in [3.8, 4) is 11.5 Å². The Morgan fingerprint density at radius 1 is 1.04 bits per heavy atom. The second-order valence-corrected chi connectivity index (χ2v) is 5.68. The minimum atomic E-state index is -0.325. The summed E-state index contributed by atoms with van der Waals surface area (Å²) in [6, 6.07) is 16.6. The van der Waals surface area contributed by atoms with Gasteiger partial charge in [0.1, 0.15) is 17.8 Å². The van der Waals surface area contributed by atoms with Crippen LogP contribution >= 0.6 is 0 Å². The van der Waals surface area contributed by atoms with E-state index in [-0.39, 0.29) is 18.4 Å². The van der Waals surface area contributed by atoms with Gasteiger partial charge in [0.2, 0.25) is 6.79 Å². The van der Waals surface area contributed by atoms with Crippen LogP contribution in [0.5, 0.6) is 11.5 Å². The molecule has 0 aliphatic carbocycles. The smallest absolute Gasteiger partial charge is 0.274 e. The predicted octanol–water partition coefficient (Wildman–Crippen LogP) is 3.23. The van der Waals surface area contributed by atoms with Gasteiger partial charge >= 0.3 is 0 Å². The average Bonchev–Trinajstić information content (AvgIpc) is 3.16. The zero-order valence-electron chi connectivity index (χ0n) is 14.0.